The Bertz CT molecular complexity index is 1050. The van der Waals surface area contributed by atoms with Gasteiger partial charge in [0.15, 0.2) is 0 Å². The first-order valence-electron chi connectivity index (χ1n) is 9.70. The van der Waals surface area contributed by atoms with Gasteiger partial charge < -0.3 is 9.80 Å². The van der Waals surface area contributed by atoms with Crippen LogP contribution in [0.15, 0.2) is 42.6 Å². The minimum Gasteiger partial charge on any atom is -0.338 e. The largest absolute Gasteiger partial charge is 0.338 e. The first-order valence-corrected chi connectivity index (χ1v) is 9.70. The van der Waals surface area contributed by atoms with Crippen molar-refractivity contribution in [3.63, 3.8) is 0 Å². The van der Waals surface area contributed by atoms with Gasteiger partial charge in [0.25, 0.3) is 11.7 Å². The molecule has 0 aliphatic carbocycles. The summed E-state index contributed by atoms with van der Waals surface area (Å²) in [6, 6.07) is 11.6. The van der Waals surface area contributed by atoms with Gasteiger partial charge in [-0.25, -0.2) is 9.50 Å². The van der Waals surface area contributed by atoms with Crippen molar-refractivity contribution in [2.75, 3.05) is 26.2 Å². The van der Waals surface area contributed by atoms with Gasteiger partial charge >= 0.3 is 0 Å². The predicted octanol–water partition coefficient (Wildman–Crippen LogP) is 1.69. The van der Waals surface area contributed by atoms with Gasteiger partial charge in [0.1, 0.15) is 0 Å². The number of nitrogens with zero attached hydrogens (tertiary/aromatic N) is 6. The first-order chi connectivity index (χ1) is 13.9. The van der Waals surface area contributed by atoms with Gasteiger partial charge in [-0.05, 0) is 32.4 Å². The van der Waals surface area contributed by atoms with E-state index < -0.39 is 5.41 Å². The molecule has 3 aromatic rings. The van der Waals surface area contributed by atoms with Gasteiger partial charge in [-0.2, -0.15) is 4.98 Å². The number of carbonyl (C=O) groups is 2. The van der Waals surface area contributed by atoms with Crippen molar-refractivity contribution in [1.82, 2.24) is 29.4 Å². The van der Waals surface area contributed by atoms with Crippen LogP contribution in [0.1, 0.15) is 35.7 Å². The number of fused-ring (bicyclic) bond motifs is 1. The molecule has 2 amide bonds. The van der Waals surface area contributed by atoms with Crippen LogP contribution < -0.4 is 0 Å². The van der Waals surface area contributed by atoms with Crippen molar-refractivity contribution in [3.05, 3.63) is 59.7 Å². The summed E-state index contributed by atoms with van der Waals surface area (Å²) < 4.78 is 1.56. The third kappa shape index (κ3) is 3.46. The van der Waals surface area contributed by atoms with Crippen LogP contribution in [0.3, 0.4) is 0 Å². The Morgan fingerprint density at radius 3 is 2.28 bits per heavy atom. The van der Waals surface area contributed by atoms with Gasteiger partial charge in [0, 0.05) is 38.1 Å². The van der Waals surface area contributed by atoms with E-state index >= 15 is 0 Å². The van der Waals surface area contributed by atoms with E-state index in [4.69, 9.17) is 0 Å². The monoisotopic (exact) mass is 392 g/mol. The third-order valence-corrected chi connectivity index (χ3v) is 5.51. The predicted molar refractivity (Wildman–Crippen MR) is 107 cm³/mol. The summed E-state index contributed by atoms with van der Waals surface area (Å²) >= 11 is 0. The van der Waals surface area contributed by atoms with E-state index in [1.54, 1.807) is 15.6 Å². The molecular weight excluding hydrogens is 368 g/mol. The number of rotatable bonds is 3. The Hall–Kier alpha value is -3.29. The Labute approximate surface area is 169 Å². The molecule has 8 heteroatoms. The summed E-state index contributed by atoms with van der Waals surface area (Å²) in [7, 11) is 0. The maximum absolute atomic E-state index is 13.1. The molecule has 1 aliphatic rings. The molecule has 1 fully saturated rings. The molecule has 0 N–H and O–H groups in total. The molecule has 0 unspecified atom stereocenters. The fourth-order valence-corrected chi connectivity index (χ4v) is 3.62. The van der Waals surface area contributed by atoms with E-state index in [1.165, 1.54) is 0 Å². The van der Waals surface area contributed by atoms with Crippen LogP contribution in [0.4, 0.5) is 0 Å². The molecule has 8 nitrogen and oxygen atoms in total. The molecule has 150 valence electrons. The van der Waals surface area contributed by atoms with Crippen molar-refractivity contribution in [2.45, 2.75) is 26.2 Å². The maximum atomic E-state index is 13.1. The Morgan fingerprint density at radius 2 is 1.62 bits per heavy atom. The van der Waals surface area contributed by atoms with Gasteiger partial charge in [-0.1, -0.05) is 30.3 Å². The van der Waals surface area contributed by atoms with Gasteiger partial charge in [0.05, 0.1) is 5.41 Å². The number of hydrogen-bond acceptors (Lipinski definition) is 5. The van der Waals surface area contributed by atoms with Crippen LogP contribution in [0, 0.1) is 6.92 Å². The number of aryl methyl sites for hydroxylation is 1. The fourth-order valence-electron chi connectivity index (χ4n) is 3.62. The number of hydrogen-bond donors (Lipinski definition) is 0. The topological polar surface area (TPSA) is 83.7 Å². The summed E-state index contributed by atoms with van der Waals surface area (Å²) in [4.78, 5) is 37.9. The lowest BCUT2D eigenvalue weighted by Crippen LogP contribution is -2.54. The zero-order valence-corrected chi connectivity index (χ0v) is 16.9. The molecule has 29 heavy (non-hydrogen) atoms. The van der Waals surface area contributed by atoms with Crippen LogP contribution in [0.25, 0.3) is 5.78 Å². The quantitative estimate of drug-likeness (QED) is 0.677. The fraction of sp³-hybridized carbons (Fsp3) is 0.381. The van der Waals surface area contributed by atoms with Gasteiger partial charge in [-0.15, -0.1) is 5.10 Å². The minimum atomic E-state index is -0.611. The molecule has 4 rings (SSSR count). The molecular formula is C21H24N6O2. The highest BCUT2D eigenvalue weighted by atomic mass is 16.2. The van der Waals surface area contributed by atoms with Crippen LogP contribution in [0.5, 0.6) is 0 Å². The van der Waals surface area contributed by atoms with E-state index in [0.717, 1.165) is 11.3 Å². The Kier molecular flexibility index (Phi) is 4.77. The van der Waals surface area contributed by atoms with Crippen molar-refractivity contribution in [1.29, 1.82) is 0 Å². The summed E-state index contributed by atoms with van der Waals surface area (Å²) in [6.07, 6.45) is 1.65. The molecule has 1 saturated heterocycles. The summed E-state index contributed by atoms with van der Waals surface area (Å²) in [5, 5.41) is 4.29. The zero-order valence-electron chi connectivity index (χ0n) is 16.9. The van der Waals surface area contributed by atoms with Crippen molar-refractivity contribution in [2.24, 2.45) is 0 Å². The third-order valence-electron chi connectivity index (χ3n) is 5.51. The van der Waals surface area contributed by atoms with E-state index in [-0.39, 0.29) is 17.6 Å². The summed E-state index contributed by atoms with van der Waals surface area (Å²) in [5.74, 6) is 0.383. The summed E-state index contributed by atoms with van der Waals surface area (Å²) in [6.45, 7) is 7.67. The standard InChI is InChI=1S/C21H24N6O2/c1-15-9-10-22-20-23-17(24-27(15)20)18(28)25-11-13-26(14-12-25)19(29)21(2,3)16-7-5-4-6-8-16/h4-10H,11-14H2,1-3H3. The minimum absolute atomic E-state index is 0.0708. The second-order valence-electron chi connectivity index (χ2n) is 7.81. The highest BCUT2D eigenvalue weighted by Crippen LogP contribution is 2.26. The molecule has 2 aromatic heterocycles. The van der Waals surface area contributed by atoms with E-state index in [9.17, 15) is 9.59 Å². The van der Waals surface area contributed by atoms with E-state index in [1.807, 2.05) is 62.1 Å². The van der Waals surface area contributed by atoms with E-state index in [0.29, 0.717) is 32.0 Å². The molecule has 0 saturated carbocycles. The molecule has 0 bridgehead atoms. The van der Waals surface area contributed by atoms with E-state index in [2.05, 4.69) is 15.1 Å². The number of piperazine rings is 1. The first kappa shape index (κ1) is 19.0. The second-order valence-corrected chi connectivity index (χ2v) is 7.81. The lowest BCUT2D eigenvalue weighted by Gasteiger charge is -2.38. The molecule has 0 atom stereocenters. The average Bonchev–Trinajstić information content (AvgIpc) is 3.19. The highest BCUT2D eigenvalue weighted by molar-refractivity contribution is 5.91. The molecule has 1 aromatic carbocycles. The number of carbonyl (C=O) groups excluding carboxylic acids is 2. The number of aromatic nitrogens is 4. The Balaban J connectivity index is 1.44. The highest BCUT2D eigenvalue weighted by Gasteiger charge is 2.36. The van der Waals surface area contributed by atoms with Crippen LogP contribution >= 0.6 is 0 Å². The lowest BCUT2D eigenvalue weighted by atomic mass is 9.83. The van der Waals surface area contributed by atoms with Crippen LogP contribution in [-0.4, -0.2) is 67.4 Å². The molecule has 0 spiro atoms. The van der Waals surface area contributed by atoms with Crippen LogP contribution in [-0.2, 0) is 10.2 Å². The molecule has 1 aliphatic heterocycles. The number of benzene rings is 1. The second kappa shape index (κ2) is 7.27. The van der Waals surface area contributed by atoms with Crippen molar-refractivity contribution >= 4 is 17.6 Å². The molecule has 0 radical (unpaired) electrons. The average molecular weight is 392 g/mol. The van der Waals surface area contributed by atoms with Gasteiger partial charge in [-0.3, -0.25) is 9.59 Å². The summed E-state index contributed by atoms with van der Waals surface area (Å²) in [5.41, 5.74) is 1.24. The van der Waals surface area contributed by atoms with Crippen molar-refractivity contribution in [3.8, 4) is 0 Å². The number of amides is 2. The van der Waals surface area contributed by atoms with Gasteiger partial charge in [0.2, 0.25) is 11.7 Å². The van der Waals surface area contributed by atoms with Crippen molar-refractivity contribution < 1.29 is 9.59 Å². The normalized spacial score (nSPS) is 15.0. The smallest absolute Gasteiger partial charge is 0.293 e. The lowest BCUT2D eigenvalue weighted by molar-refractivity contribution is -0.137. The SMILES string of the molecule is Cc1ccnc2nc(C(=O)N3CCN(C(=O)C(C)(C)c4ccccc4)CC3)nn12. The van der Waals surface area contributed by atoms with Crippen LogP contribution in [0.2, 0.25) is 0 Å². The maximum Gasteiger partial charge on any atom is 0.293 e. The zero-order chi connectivity index (χ0) is 20.6. The molecule has 3 heterocycles. The Morgan fingerprint density at radius 1 is 0.966 bits per heavy atom.